The Morgan fingerprint density at radius 2 is 1.70 bits per heavy atom. The quantitative estimate of drug-likeness (QED) is 0.853. The van der Waals surface area contributed by atoms with Gasteiger partial charge >= 0.3 is 0 Å². The zero-order valence-corrected chi connectivity index (χ0v) is 12.2. The summed E-state index contributed by atoms with van der Waals surface area (Å²) in [6, 6.07) is 7.21. The van der Waals surface area contributed by atoms with Gasteiger partial charge in [0, 0.05) is 22.0 Å². The van der Waals surface area contributed by atoms with Gasteiger partial charge in [-0.2, -0.15) is 0 Å². The number of benzene rings is 1. The topological polar surface area (TPSA) is 69.2 Å². The number of hydrogen-bond acceptors (Lipinski definition) is 3. The molecule has 1 aromatic rings. The minimum absolute atomic E-state index is 0.0124. The van der Waals surface area contributed by atoms with E-state index < -0.39 is 17.8 Å². The lowest BCUT2D eigenvalue weighted by atomic mass is 9.82. The number of nitrogens with one attached hydrogen (secondary N) is 1. The van der Waals surface area contributed by atoms with Crippen molar-refractivity contribution in [1.82, 2.24) is 0 Å². The molecule has 3 rings (SSSR count). The van der Waals surface area contributed by atoms with Crippen LogP contribution in [0.2, 0.25) is 0 Å². The van der Waals surface area contributed by atoms with E-state index in [-0.39, 0.29) is 17.7 Å². The molecule has 20 heavy (non-hydrogen) atoms. The number of carboxylic acid groups (broad SMARTS) is 1. The molecule has 2 aliphatic rings. The highest BCUT2D eigenvalue weighted by Gasteiger charge is 2.48. The number of aliphatic carboxylic acids is 1. The molecule has 0 aliphatic heterocycles. The molecule has 1 aromatic carbocycles. The summed E-state index contributed by atoms with van der Waals surface area (Å²) in [6.45, 7) is 0. The van der Waals surface area contributed by atoms with Crippen molar-refractivity contribution < 1.29 is 14.7 Å². The van der Waals surface area contributed by atoms with E-state index in [1.54, 1.807) is 12.1 Å². The van der Waals surface area contributed by atoms with E-state index in [9.17, 15) is 14.7 Å². The van der Waals surface area contributed by atoms with Gasteiger partial charge in [-0.1, -0.05) is 28.1 Å². The molecule has 1 fully saturated rings. The largest absolute Gasteiger partial charge is 0.550 e. The molecule has 0 spiro atoms. The predicted octanol–water partition coefficient (Wildman–Crippen LogP) is 1.58. The summed E-state index contributed by atoms with van der Waals surface area (Å²) in [5, 5.41) is 14.1. The third-order valence-corrected chi connectivity index (χ3v) is 4.67. The van der Waals surface area contributed by atoms with Crippen LogP contribution < -0.4 is 10.4 Å². The van der Waals surface area contributed by atoms with E-state index in [1.165, 1.54) is 0 Å². The lowest BCUT2D eigenvalue weighted by Gasteiger charge is -2.27. The molecule has 1 N–H and O–H groups in total. The van der Waals surface area contributed by atoms with Gasteiger partial charge in [-0.05, 0) is 42.5 Å². The summed E-state index contributed by atoms with van der Waals surface area (Å²) in [7, 11) is 0. The molecule has 4 nitrogen and oxygen atoms in total. The summed E-state index contributed by atoms with van der Waals surface area (Å²) < 4.78 is 0.922. The molecule has 2 aliphatic carbocycles. The summed E-state index contributed by atoms with van der Waals surface area (Å²) in [5.74, 6) is -2.65. The van der Waals surface area contributed by atoms with E-state index in [0.717, 1.165) is 10.9 Å². The van der Waals surface area contributed by atoms with Crippen molar-refractivity contribution in [3.05, 3.63) is 40.9 Å². The molecular weight excluding hydrogens is 322 g/mol. The van der Waals surface area contributed by atoms with Crippen LogP contribution in [-0.2, 0) is 9.59 Å². The molecule has 0 heterocycles. The Kier molecular flexibility index (Phi) is 3.38. The molecule has 0 unspecified atom stereocenters. The van der Waals surface area contributed by atoms with Crippen molar-refractivity contribution >= 4 is 33.5 Å². The fourth-order valence-corrected chi connectivity index (χ4v) is 3.52. The zero-order chi connectivity index (χ0) is 14.3. The van der Waals surface area contributed by atoms with E-state index in [0.29, 0.717) is 5.69 Å². The van der Waals surface area contributed by atoms with Crippen LogP contribution in [0, 0.1) is 23.7 Å². The normalized spacial score (nSPS) is 30.4. The fourth-order valence-electron chi connectivity index (χ4n) is 3.26. The second-order valence-corrected chi connectivity index (χ2v) is 6.23. The monoisotopic (exact) mass is 334 g/mol. The third-order valence-electron chi connectivity index (χ3n) is 4.15. The van der Waals surface area contributed by atoms with Crippen molar-refractivity contribution in [2.75, 3.05) is 5.32 Å². The first-order valence-electron chi connectivity index (χ1n) is 6.52. The first-order valence-corrected chi connectivity index (χ1v) is 7.31. The third kappa shape index (κ3) is 2.26. The maximum Gasteiger partial charge on any atom is 0.228 e. The maximum absolute atomic E-state index is 12.4. The number of allylic oxidation sites excluding steroid dienone is 2. The van der Waals surface area contributed by atoms with Crippen molar-refractivity contribution in [2.45, 2.75) is 6.42 Å². The van der Waals surface area contributed by atoms with Crippen LogP contribution in [-0.4, -0.2) is 11.9 Å². The predicted molar refractivity (Wildman–Crippen MR) is 75.5 cm³/mol. The average Bonchev–Trinajstić information content (AvgIpc) is 3.01. The lowest BCUT2D eigenvalue weighted by molar-refractivity contribution is -0.313. The van der Waals surface area contributed by atoms with Gasteiger partial charge in [0.15, 0.2) is 0 Å². The minimum Gasteiger partial charge on any atom is -0.550 e. The van der Waals surface area contributed by atoms with Gasteiger partial charge in [0.25, 0.3) is 0 Å². The summed E-state index contributed by atoms with van der Waals surface area (Å²) in [6.07, 6.45) is 4.58. The molecule has 1 amide bonds. The Balaban J connectivity index is 1.78. The number of anilines is 1. The Labute approximate surface area is 125 Å². The summed E-state index contributed by atoms with van der Waals surface area (Å²) >= 11 is 3.33. The average molecular weight is 335 g/mol. The second-order valence-electron chi connectivity index (χ2n) is 5.32. The number of carbonyl (C=O) groups excluding carboxylic acids is 2. The summed E-state index contributed by atoms with van der Waals surface area (Å²) in [5.41, 5.74) is 0.669. The first kappa shape index (κ1) is 13.4. The molecule has 1 saturated carbocycles. The molecule has 2 bridgehead atoms. The van der Waals surface area contributed by atoms with Crippen LogP contribution in [0.1, 0.15) is 6.42 Å². The van der Waals surface area contributed by atoms with Crippen LogP contribution in [0.15, 0.2) is 40.9 Å². The van der Waals surface area contributed by atoms with Gasteiger partial charge in [-0.25, -0.2) is 0 Å². The molecule has 4 atom stereocenters. The van der Waals surface area contributed by atoms with Gasteiger partial charge in [-0.15, -0.1) is 0 Å². The number of carbonyl (C=O) groups is 2. The van der Waals surface area contributed by atoms with Gasteiger partial charge in [0.1, 0.15) is 0 Å². The van der Waals surface area contributed by atoms with Gasteiger partial charge in [0.05, 0.1) is 5.92 Å². The van der Waals surface area contributed by atoms with Crippen LogP contribution in [0.3, 0.4) is 0 Å². The molecule has 5 heteroatoms. The Morgan fingerprint density at radius 1 is 1.10 bits per heavy atom. The fraction of sp³-hybridized carbons (Fsp3) is 0.333. The van der Waals surface area contributed by atoms with E-state index in [2.05, 4.69) is 21.2 Å². The molecule has 0 aromatic heterocycles. The van der Waals surface area contributed by atoms with Crippen LogP contribution >= 0.6 is 15.9 Å². The molecular formula is C15H13BrNO3-. The SMILES string of the molecule is O=C(Nc1ccc(Br)cc1)[C@@H]1[C@@H](C(=O)[O-])[C@H]2C=C[C@@H]1C2. The lowest BCUT2D eigenvalue weighted by Crippen LogP contribution is -2.42. The van der Waals surface area contributed by atoms with E-state index >= 15 is 0 Å². The Morgan fingerprint density at radius 3 is 2.30 bits per heavy atom. The zero-order valence-electron chi connectivity index (χ0n) is 10.6. The van der Waals surface area contributed by atoms with Crippen molar-refractivity contribution in [3.63, 3.8) is 0 Å². The van der Waals surface area contributed by atoms with Crippen molar-refractivity contribution in [1.29, 1.82) is 0 Å². The Bertz CT molecular complexity index is 581. The van der Waals surface area contributed by atoms with Gasteiger partial charge in [-0.3, -0.25) is 4.79 Å². The van der Waals surface area contributed by atoms with Crippen molar-refractivity contribution in [3.8, 4) is 0 Å². The highest BCUT2D eigenvalue weighted by molar-refractivity contribution is 9.10. The smallest absolute Gasteiger partial charge is 0.228 e. The van der Waals surface area contributed by atoms with Gasteiger partial charge < -0.3 is 15.2 Å². The van der Waals surface area contributed by atoms with E-state index in [4.69, 9.17) is 0 Å². The number of fused-ring (bicyclic) bond motifs is 2. The number of hydrogen-bond donors (Lipinski definition) is 1. The molecule has 0 saturated heterocycles. The highest BCUT2D eigenvalue weighted by atomic mass is 79.9. The first-order chi connectivity index (χ1) is 9.56. The number of halogens is 1. The van der Waals surface area contributed by atoms with Crippen molar-refractivity contribution in [2.24, 2.45) is 23.7 Å². The van der Waals surface area contributed by atoms with Gasteiger partial charge in [0.2, 0.25) is 5.91 Å². The highest BCUT2D eigenvalue weighted by Crippen LogP contribution is 2.48. The maximum atomic E-state index is 12.4. The van der Waals surface area contributed by atoms with Crippen LogP contribution in [0.5, 0.6) is 0 Å². The van der Waals surface area contributed by atoms with E-state index in [1.807, 2.05) is 24.3 Å². The number of rotatable bonds is 3. The Hall–Kier alpha value is -1.62. The van der Waals surface area contributed by atoms with Crippen LogP contribution in [0.25, 0.3) is 0 Å². The minimum atomic E-state index is -1.13. The molecule has 104 valence electrons. The summed E-state index contributed by atoms with van der Waals surface area (Å²) in [4.78, 5) is 23.6. The number of amides is 1. The standard InChI is InChI=1S/C15H14BrNO3/c16-10-3-5-11(6-4-10)17-14(18)12-8-1-2-9(7-8)13(12)15(19)20/h1-6,8-9,12-13H,7H2,(H,17,18)(H,19,20)/p-1/t8-,9+,12+,13+/m1/s1. The number of carboxylic acids is 1. The molecule has 0 radical (unpaired) electrons. The second kappa shape index (κ2) is 5.05. The van der Waals surface area contributed by atoms with Crippen LogP contribution in [0.4, 0.5) is 5.69 Å².